The molecular weight excluding hydrogens is 380 g/mol. The van der Waals surface area contributed by atoms with Crippen molar-refractivity contribution in [1.29, 1.82) is 0 Å². The van der Waals surface area contributed by atoms with Crippen LogP contribution in [0, 0.1) is 5.92 Å². The first kappa shape index (κ1) is 22.1. The molecule has 0 saturated carbocycles. The third kappa shape index (κ3) is 4.74. The number of nitrogens with one attached hydrogen (secondary N) is 2. The van der Waals surface area contributed by atoms with Gasteiger partial charge in [-0.15, -0.1) is 0 Å². The van der Waals surface area contributed by atoms with E-state index in [4.69, 9.17) is 0 Å². The number of amides is 2. The third-order valence-corrected chi connectivity index (χ3v) is 6.21. The largest absolute Gasteiger partial charge is 0.381 e. The number of carbonyl (C=O) groups excluding carboxylic acids is 2. The van der Waals surface area contributed by atoms with E-state index in [0.717, 1.165) is 55.5 Å². The highest BCUT2D eigenvalue weighted by atomic mass is 16.2. The number of piperidine rings is 1. The SMILES string of the molecule is CCC(CC)CNC(=O)c1cnc2c(cnn2CC)c1NC1CCN(C(C)=O)CC1. The van der Waals surface area contributed by atoms with Gasteiger partial charge in [-0.25, -0.2) is 9.67 Å². The monoisotopic (exact) mass is 414 g/mol. The number of hydrogen-bond acceptors (Lipinski definition) is 5. The number of pyridine rings is 1. The van der Waals surface area contributed by atoms with E-state index >= 15 is 0 Å². The molecular formula is C22H34N6O2. The maximum atomic E-state index is 13.0. The number of nitrogens with zero attached hydrogens (tertiary/aromatic N) is 4. The number of aryl methyl sites for hydroxylation is 1. The van der Waals surface area contributed by atoms with Crippen LogP contribution in [0.3, 0.4) is 0 Å². The van der Waals surface area contributed by atoms with Gasteiger partial charge in [0.05, 0.1) is 22.8 Å². The maximum Gasteiger partial charge on any atom is 0.254 e. The molecule has 8 heteroatoms. The van der Waals surface area contributed by atoms with E-state index in [1.165, 1.54) is 0 Å². The Bertz CT molecular complexity index is 881. The Hall–Kier alpha value is -2.64. The predicted molar refractivity (Wildman–Crippen MR) is 119 cm³/mol. The first-order valence-corrected chi connectivity index (χ1v) is 11.1. The van der Waals surface area contributed by atoms with Gasteiger partial charge in [-0.3, -0.25) is 9.59 Å². The predicted octanol–water partition coefficient (Wildman–Crippen LogP) is 3.04. The molecule has 0 bridgehead atoms. The molecule has 1 aliphatic heterocycles. The Balaban J connectivity index is 1.85. The molecule has 3 heterocycles. The fourth-order valence-corrected chi connectivity index (χ4v) is 4.04. The van der Waals surface area contributed by atoms with Crippen LogP contribution in [0.2, 0.25) is 0 Å². The van der Waals surface area contributed by atoms with E-state index < -0.39 is 0 Å². The van der Waals surface area contributed by atoms with Gasteiger partial charge in [0.25, 0.3) is 5.91 Å². The lowest BCUT2D eigenvalue weighted by atomic mass is 10.0. The van der Waals surface area contributed by atoms with E-state index in [9.17, 15) is 9.59 Å². The molecule has 2 aromatic rings. The Labute approximate surface area is 178 Å². The quantitative estimate of drug-likeness (QED) is 0.693. The van der Waals surface area contributed by atoms with Crippen molar-refractivity contribution in [3.8, 4) is 0 Å². The number of carbonyl (C=O) groups is 2. The van der Waals surface area contributed by atoms with Crippen LogP contribution in [-0.4, -0.2) is 57.2 Å². The second-order valence-electron chi connectivity index (χ2n) is 8.06. The molecule has 0 aliphatic carbocycles. The molecule has 0 unspecified atom stereocenters. The summed E-state index contributed by atoms with van der Waals surface area (Å²) >= 11 is 0. The number of anilines is 1. The molecule has 164 valence electrons. The molecule has 8 nitrogen and oxygen atoms in total. The summed E-state index contributed by atoms with van der Waals surface area (Å²) in [5, 5.41) is 12.0. The van der Waals surface area contributed by atoms with Crippen molar-refractivity contribution in [2.75, 3.05) is 25.0 Å². The summed E-state index contributed by atoms with van der Waals surface area (Å²) in [5.74, 6) is 0.482. The lowest BCUT2D eigenvalue weighted by Gasteiger charge is -2.32. The summed E-state index contributed by atoms with van der Waals surface area (Å²) < 4.78 is 1.84. The van der Waals surface area contributed by atoms with Gasteiger partial charge in [-0.1, -0.05) is 26.7 Å². The Kier molecular flexibility index (Phi) is 7.29. The van der Waals surface area contributed by atoms with Crippen LogP contribution >= 0.6 is 0 Å². The van der Waals surface area contributed by atoms with E-state index in [2.05, 4.69) is 34.6 Å². The summed E-state index contributed by atoms with van der Waals surface area (Å²) in [4.78, 5) is 31.1. The lowest BCUT2D eigenvalue weighted by molar-refractivity contribution is -0.129. The van der Waals surface area contributed by atoms with Crippen LogP contribution < -0.4 is 10.6 Å². The summed E-state index contributed by atoms with van der Waals surface area (Å²) in [6.07, 6.45) is 7.22. The van der Waals surface area contributed by atoms with Crippen LogP contribution in [0.4, 0.5) is 5.69 Å². The lowest BCUT2D eigenvalue weighted by Crippen LogP contribution is -2.41. The van der Waals surface area contributed by atoms with Gasteiger partial charge >= 0.3 is 0 Å². The fraction of sp³-hybridized carbons (Fsp3) is 0.636. The molecule has 1 saturated heterocycles. The fourth-order valence-electron chi connectivity index (χ4n) is 4.04. The summed E-state index contributed by atoms with van der Waals surface area (Å²) in [7, 11) is 0. The van der Waals surface area contributed by atoms with Gasteiger partial charge in [0.2, 0.25) is 5.91 Å². The van der Waals surface area contributed by atoms with Crippen LogP contribution in [0.15, 0.2) is 12.4 Å². The molecule has 2 amide bonds. The normalized spacial score (nSPS) is 15.0. The molecule has 2 aromatic heterocycles. The van der Waals surface area contributed by atoms with Crippen LogP contribution in [0.5, 0.6) is 0 Å². The average molecular weight is 415 g/mol. The molecule has 1 aliphatic rings. The van der Waals surface area contributed by atoms with Gasteiger partial charge in [-0.2, -0.15) is 5.10 Å². The van der Waals surface area contributed by atoms with Crippen molar-refractivity contribution in [3.63, 3.8) is 0 Å². The summed E-state index contributed by atoms with van der Waals surface area (Å²) in [6.45, 7) is 10.8. The summed E-state index contributed by atoms with van der Waals surface area (Å²) in [6, 6.07) is 0.196. The highest BCUT2D eigenvalue weighted by Crippen LogP contribution is 2.28. The smallest absolute Gasteiger partial charge is 0.254 e. The van der Waals surface area contributed by atoms with Crippen LogP contribution in [0.25, 0.3) is 11.0 Å². The number of aromatic nitrogens is 3. The van der Waals surface area contributed by atoms with E-state index in [1.54, 1.807) is 19.3 Å². The van der Waals surface area contributed by atoms with Crippen molar-refractivity contribution in [1.82, 2.24) is 25.0 Å². The average Bonchev–Trinajstić information content (AvgIpc) is 3.18. The number of rotatable bonds is 8. The Morgan fingerprint density at radius 2 is 1.87 bits per heavy atom. The van der Waals surface area contributed by atoms with Crippen molar-refractivity contribution in [2.24, 2.45) is 5.92 Å². The van der Waals surface area contributed by atoms with Gasteiger partial charge in [0.15, 0.2) is 5.65 Å². The van der Waals surface area contributed by atoms with Gasteiger partial charge in [0, 0.05) is 45.3 Å². The van der Waals surface area contributed by atoms with E-state index in [-0.39, 0.29) is 17.9 Å². The molecule has 30 heavy (non-hydrogen) atoms. The first-order chi connectivity index (χ1) is 14.5. The minimum atomic E-state index is -0.107. The number of fused-ring (bicyclic) bond motifs is 1. The standard InChI is InChI=1S/C22H34N6O2/c1-5-16(6-2)12-24-22(30)19-13-23-21-18(14-25-28(21)7-3)20(19)26-17-8-10-27(11-9-17)15(4)29/h13-14,16-17H,5-12H2,1-4H3,(H,23,26)(H,24,30). The molecule has 0 atom stereocenters. The number of hydrogen-bond donors (Lipinski definition) is 2. The first-order valence-electron chi connectivity index (χ1n) is 11.1. The molecule has 0 radical (unpaired) electrons. The van der Waals surface area contributed by atoms with E-state index in [0.29, 0.717) is 24.6 Å². The minimum absolute atomic E-state index is 0.107. The van der Waals surface area contributed by atoms with Crippen molar-refractivity contribution in [2.45, 2.75) is 66.0 Å². The van der Waals surface area contributed by atoms with Crippen molar-refractivity contribution >= 4 is 28.5 Å². The van der Waals surface area contributed by atoms with Crippen LogP contribution in [-0.2, 0) is 11.3 Å². The van der Waals surface area contributed by atoms with Gasteiger partial charge < -0.3 is 15.5 Å². The van der Waals surface area contributed by atoms with E-state index in [1.807, 2.05) is 16.5 Å². The number of likely N-dealkylation sites (tertiary alicyclic amines) is 1. The Morgan fingerprint density at radius 1 is 1.17 bits per heavy atom. The van der Waals surface area contributed by atoms with Gasteiger partial charge in [0.1, 0.15) is 0 Å². The van der Waals surface area contributed by atoms with Crippen LogP contribution in [0.1, 0.15) is 63.7 Å². The highest BCUT2D eigenvalue weighted by molar-refractivity contribution is 6.06. The molecule has 2 N–H and O–H groups in total. The zero-order chi connectivity index (χ0) is 21.7. The minimum Gasteiger partial charge on any atom is -0.381 e. The molecule has 0 spiro atoms. The molecule has 0 aromatic carbocycles. The Morgan fingerprint density at radius 3 is 2.47 bits per heavy atom. The summed E-state index contributed by atoms with van der Waals surface area (Å²) in [5.41, 5.74) is 2.12. The highest BCUT2D eigenvalue weighted by Gasteiger charge is 2.24. The zero-order valence-corrected chi connectivity index (χ0v) is 18.6. The second-order valence-corrected chi connectivity index (χ2v) is 8.06. The second kappa shape index (κ2) is 9.91. The maximum absolute atomic E-state index is 13.0. The topological polar surface area (TPSA) is 92.2 Å². The molecule has 1 fully saturated rings. The van der Waals surface area contributed by atoms with Crippen molar-refractivity contribution in [3.05, 3.63) is 18.0 Å². The van der Waals surface area contributed by atoms with Crippen molar-refractivity contribution < 1.29 is 9.59 Å². The molecule has 3 rings (SSSR count). The van der Waals surface area contributed by atoms with Gasteiger partial charge in [-0.05, 0) is 25.7 Å². The zero-order valence-electron chi connectivity index (χ0n) is 18.6. The third-order valence-electron chi connectivity index (χ3n) is 6.21.